The molecule has 3 heteroatoms. The van der Waals surface area contributed by atoms with Crippen LogP contribution in [0, 0.1) is 0 Å². The Kier molecular flexibility index (Phi) is 3.26. The molecule has 20 heavy (non-hydrogen) atoms. The van der Waals surface area contributed by atoms with E-state index in [1.54, 1.807) is 4.90 Å². The summed E-state index contributed by atoms with van der Waals surface area (Å²) >= 11 is 0. The van der Waals surface area contributed by atoms with Crippen LogP contribution in [0.25, 0.3) is 10.8 Å². The summed E-state index contributed by atoms with van der Waals surface area (Å²) in [6.07, 6.45) is 1.85. The van der Waals surface area contributed by atoms with Crippen molar-refractivity contribution < 1.29 is 9.59 Å². The van der Waals surface area contributed by atoms with Crippen LogP contribution in [0.2, 0.25) is 0 Å². The Hall–Kier alpha value is -2.16. The van der Waals surface area contributed by atoms with Gasteiger partial charge in [-0.1, -0.05) is 31.2 Å². The van der Waals surface area contributed by atoms with Gasteiger partial charge in [-0.05, 0) is 23.9 Å². The zero-order valence-corrected chi connectivity index (χ0v) is 11.6. The fraction of sp³-hybridized carbons (Fsp3) is 0.294. The monoisotopic (exact) mass is 267 g/mol. The first kappa shape index (κ1) is 12.9. The van der Waals surface area contributed by atoms with E-state index in [0.717, 1.165) is 28.4 Å². The van der Waals surface area contributed by atoms with Gasteiger partial charge in [0.2, 0.25) is 0 Å². The predicted octanol–water partition coefficient (Wildman–Crippen LogP) is 3.56. The molecule has 2 aromatic carbocycles. The molecule has 0 atom stereocenters. The number of carbonyl (C=O) groups excluding carboxylic acids is 2. The van der Waals surface area contributed by atoms with E-state index in [1.165, 1.54) is 0 Å². The van der Waals surface area contributed by atoms with Crippen LogP contribution in [0.4, 0.5) is 5.69 Å². The molecule has 3 nitrogen and oxygen atoms in total. The van der Waals surface area contributed by atoms with E-state index >= 15 is 0 Å². The van der Waals surface area contributed by atoms with Crippen LogP contribution in [-0.4, -0.2) is 18.2 Å². The van der Waals surface area contributed by atoms with Gasteiger partial charge in [0.15, 0.2) is 0 Å². The topological polar surface area (TPSA) is 37.4 Å². The molecule has 2 aromatic rings. The minimum absolute atomic E-state index is 0.0562. The lowest BCUT2D eigenvalue weighted by Gasteiger charge is -2.17. The van der Waals surface area contributed by atoms with Gasteiger partial charge in [-0.3, -0.25) is 9.59 Å². The molecule has 1 aliphatic heterocycles. The third-order valence-electron chi connectivity index (χ3n) is 3.88. The van der Waals surface area contributed by atoms with Crippen molar-refractivity contribution in [1.29, 1.82) is 0 Å². The van der Waals surface area contributed by atoms with Crippen molar-refractivity contribution in [2.75, 3.05) is 11.4 Å². The highest BCUT2D eigenvalue weighted by atomic mass is 16.2. The average molecular weight is 267 g/mol. The first-order valence-electron chi connectivity index (χ1n) is 7.07. The molecule has 0 unspecified atom stereocenters. The maximum Gasteiger partial charge on any atom is 0.258 e. The second-order valence-electron chi connectivity index (χ2n) is 5.13. The molecule has 0 N–H and O–H groups in total. The van der Waals surface area contributed by atoms with E-state index in [0.29, 0.717) is 19.4 Å². The Balaban J connectivity index is 1.87. The quantitative estimate of drug-likeness (QED) is 0.830. The standard InChI is InChI=1S/C17H17NO2/c1-2-13(19)8-5-11-18-15-10-4-7-12-6-3-9-14(16(12)15)17(18)20/h3-4,6-7,9-10H,2,5,8,11H2,1H3. The van der Waals surface area contributed by atoms with Gasteiger partial charge in [0.1, 0.15) is 5.78 Å². The molecule has 1 aliphatic rings. The zero-order chi connectivity index (χ0) is 14.1. The summed E-state index contributed by atoms with van der Waals surface area (Å²) < 4.78 is 0. The van der Waals surface area contributed by atoms with Crippen molar-refractivity contribution in [3.63, 3.8) is 0 Å². The summed E-state index contributed by atoms with van der Waals surface area (Å²) in [5.74, 6) is 0.313. The molecular formula is C17H17NO2. The highest BCUT2D eigenvalue weighted by Gasteiger charge is 2.28. The molecule has 0 saturated carbocycles. The third-order valence-corrected chi connectivity index (χ3v) is 3.88. The zero-order valence-electron chi connectivity index (χ0n) is 11.6. The molecular weight excluding hydrogens is 250 g/mol. The van der Waals surface area contributed by atoms with E-state index in [4.69, 9.17) is 0 Å². The number of ketones is 1. The second kappa shape index (κ2) is 5.08. The molecule has 3 rings (SSSR count). The van der Waals surface area contributed by atoms with Crippen LogP contribution >= 0.6 is 0 Å². The molecule has 1 amide bonds. The maximum absolute atomic E-state index is 12.5. The molecule has 0 bridgehead atoms. The number of amides is 1. The maximum atomic E-state index is 12.5. The minimum Gasteiger partial charge on any atom is -0.308 e. The Morgan fingerprint density at radius 1 is 1.15 bits per heavy atom. The Morgan fingerprint density at radius 3 is 2.65 bits per heavy atom. The first-order valence-corrected chi connectivity index (χ1v) is 7.07. The van der Waals surface area contributed by atoms with E-state index in [-0.39, 0.29) is 11.7 Å². The van der Waals surface area contributed by atoms with E-state index in [1.807, 2.05) is 43.3 Å². The number of nitrogens with zero attached hydrogens (tertiary/aromatic N) is 1. The molecule has 0 saturated heterocycles. The fourth-order valence-corrected chi connectivity index (χ4v) is 2.81. The van der Waals surface area contributed by atoms with Crippen molar-refractivity contribution in [3.05, 3.63) is 42.0 Å². The third kappa shape index (κ3) is 1.99. The summed E-state index contributed by atoms with van der Waals surface area (Å²) in [6, 6.07) is 11.8. The predicted molar refractivity (Wildman–Crippen MR) is 80.2 cm³/mol. The van der Waals surface area contributed by atoms with Gasteiger partial charge in [-0.2, -0.15) is 0 Å². The van der Waals surface area contributed by atoms with Crippen LogP contribution in [0.1, 0.15) is 36.5 Å². The Bertz CT molecular complexity index is 685. The number of anilines is 1. The van der Waals surface area contributed by atoms with E-state index < -0.39 is 0 Å². The van der Waals surface area contributed by atoms with Crippen LogP contribution in [0.3, 0.4) is 0 Å². The smallest absolute Gasteiger partial charge is 0.258 e. The minimum atomic E-state index is 0.0562. The lowest BCUT2D eigenvalue weighted by molar-refractivity contribution is -0.118. The van der Waals surface area contributed by atoms with Gasteiger partial charge in [0, 0.05) is 30.3 Å². The lowest BCUT2D eigenvalue weighted by atomic mass is 10.1. The first-order chi connectivity index (χ1) is 9.72. The van der Waals surface area contributed by atoms with Crippen molar-refractivity contribution in [2.24, 2.45) is 0 Å². The van der Waals surface area contributed by atoms with Crippen molar-refractivity contribution in [1.82, 2.24) is 0 Å². The second-order valence-corrected chi connectivity index (χ2v) is 5.13. The van der Waals surface area contributed by atoms with Gasteiger partial charge in [0.05, 0.1) is 5.69 Å². The van der Waals surface area contributed by atoms with Crippen LogP contribution in [0.5, 0.6) is 0 Å². The average Bonchev–Trinajstić information content (AvgIpc) is 2.75. The Morgan fingerprint density at radius 2 is 1.90 bits per heavy atom. The highest BCUT2D eigenvalue weighted by molar-refractivity contribution is 6.24. The summed E-state index contributed by atoms with van der Waals surface area (Å²) in [7, 11) is 0. The molecule has 0 aliphatic carbocycles. The number of hydrogen-bond acceptors (Lipinski definition) is 2. The molecule has 0 aromatic heterocycles. The molecule has 102 valence electrons. The fourth-order valence-electron chi connectivity index (χ4n) is 2.81. The normalized spacial score (nSPS) is 13.2. The van der Waals surface area contributed by atoms with Gasteiger partial charge >= 0.3 is 0 Å². The van der Waals surface area contributed by atoms with Crippen molar-refractivity contribution >= 4 is 28.2 Å². The summed E-state index contributed by atoms with van der Waals surface area (Å²) in [5, 5.41) is 2.14. The molecule has 0 spiro atoms. The highest BCUT2D eigenvalue weighted by Crippen LogP contribution is 2.37. The molecule has 0 fully saturated rings. The number of hydrogen-bond donors (Lipinski definition) is 0. The van der Waals surface area contributed by atoms with Crippen LogP contribution in [-0.2, 0) is 4.79 Å². The lowest BCUT2D eigenvalue weighted by Crippen LogP contribution is -2.28. The summed E-state index contributed by atoms with van der Waals surface area (Å²) in [5.41, 5.74) is 1.76. The number of carbonyl (C=O) groups is 2. The number of benzene rings is 2. The van der Waals surface area contributed by atoms with Crippen LogP contribution in [0.15, 0.2) is 36.4 Å². The van der Waals surface area contributed by atoms with Crippen molar-refractivity contribution in [3.8, 4) is 0 Å². The summed E-state index contributed by atoms with van der Waals surface area (Å²) in [4.78, 5) is 25.6. The number of rotatable bonds is 5. The SMILES string of the molecule is CCC(=O)CCCN1C(=O)c2cccc3cccc1c23. The Labute approximate surface area is 118 Å². The van der Waals surface area contributed by atoms with Crippen LogP contribution < -0.4 is 4.90 Å². The van der Waals surface area contributed by atoms with Crippen molar-refractivity contribution in [2.45, 2.75) is 26.2 Å². The largest absolute Gasteiger partial charge is 0.308 e. The molecule has 0 radical (unpaired) electrons. The van der Waals surface area contributed by atoms with E-state index in [2.05, 4.69) is 0 Å². The van der Waals surface area contributed by atoms with Gasteiger partial charge in [0.25, 0.3) is 5.91 Å². The summed E-state index contributed by atoms with van der Waals surface area (Å²) in [6.45, 7) is 2.48. The van der Waals surface area contributed by atoms with Gasteiger partial charge in [-0.15, -0.1) is 0 Å². The van der Waals surface area contributed by atoms with E-state index in [9.17, 15) is 9.59 Å². The van der Waals surface area contributed by atoms with Gasteiger partial charge < -0.3 is 4.90 Å². The number of Topliss-reactive ketones (excluding diaryl/α,β-unsaturated/α-hetero) is 1. The van der Waals surface area contributed by atoms with Gasteiger partial charge in [-0.25, -0.2) is 0 Å². The molecule has 1 heterocycles.